The highest BCUT2D eigenvalue weighted by Gasteiger charge is 2.25. The van der Waals surface area contributed by atoms with Crippen LogP contribution in [0.3, 0.4) is 0 Å². The van der Waals surface area contributed by atoms with Crippen LogP contribution in [0.25, 0.3) is 5.13 Å². The third-order valence-electron chi connectivity index (χ3n) is 4.80. The number of aromatic nitrogens is 2. The third kappa shape index (κ3) is 3.17. The van der Waals surface area contributed by atoms with Crippen molar-refractivity contribution in [1.82, 2.24) is 19.8 Å². The highest BCUT2D eigenvalue weighted by Crippen LogP contribution is 2.25. The minimum Gasteiger partial charge on any atom is -0.324 e. The number of rotatable bonds is 4. The van der Waals surface area contributed by atoms with Crippen LogP contribution in [-0.4, -0.2) is 40.0 Å². The van der Waals surface area contributed by atoms with E-state index in [9.17, 15) is 9.59 Å². The molecule has 2 aromatic heterocycles. The van der Waals surface area contributed by atoms with E-state index in [1.807, 2.05) is 6.92 Å². The van der Waals surface area contributed by atoms with Crippen molar-refractivity contribution in [3.05, 3.63) is 56.6 Å². The predicted octanol–water partition coefficient (Wildman–Crippen LogP) is 1.95. The van der Waals surface area contributed by atoms with Crippen molar-refractivity contribution in [3.63, 3.8) is 0 Å². The minimum atomic E-state index is -0.182. The van der Waals surface area contributed by atoms with Gasteiger partial charge >= 0.3 is 0 Å². The molecule has 1 N–H and O–H groups in total. The maximum Gasteiger partial charge on any atom is 0.256 e. The summed E-state index contributed by atoms with van der Waals surface area (Å²) in [5.74, 6) is -0.169. The summed E-state index contributed by atoms with van der Waals surface area (Å²) in [6.45, 7) is 5.03. The van der Waals surface area contributed by atoms with Crippen molar-refractivity contribution in [2.45, 2.75) is 26.2 Å². The number of piperidine rings is 1. The minimum absolute atomic E-state index is 0.169. The fourth-order valence-corrected chi connectivity index (χ4v) is 4.13. The van der Waals surface area contributed by atoms with Gasteiger partial charge in [-0.1, -0.05) is 6.92 Å². The number of nitrogens with one attached hydrogen (secondary N) is 1. The number of thiazole rings is 1. The summed E-state index contributed by atoms with van der Waals surface area (Å²) in [4.78, 5) is 32.6. The second kappa shape index (κ2) is 6.57. The van der Waals surface area contributed by atoms with E-state index in [0.717, 1.165) is 49.5 Å². The first-order valence-corrected chi connectivity index (χ1v) is 9.38. The Bertz CT molecular complexity index is 902. The van der Waals surface area contributed by atoms with Gasteiger partial charge in [0, 0.05) is 48.7 Å². The van der Waals surface area contributed by atoms with Crippen LogP contribution in [0.2, 0.25) is 0 Å². The van der Waals surface area contributed by atoms with Gasteiger partial charge in [-0.3, -0.25) is 19.1 Å². The van der Waals surface area contributed by atoms with Crippen molar-refractivity contribution in [2.24, 2.45) is 0 Å². The van der Waals surface area contributed by atoms with E-state index in [1.165, 1.54) is 27.5 Å². The van der Waals surface area contributed by atoms with E-state index >= 15 is 0 Å². The maximum absolute atomic E-state index is 12.6. The molecule has 5 rings (SSSR count). The monoisotopic (exact) mass is 356 g/mol. The van der Waals surface area contributed by atoms with Crippen LogP contribution >= 0.6 is 11.3 Å². The lowest BCUT2D eigenvalue weighted by atomic mass is 9.96. The van der Waals surface area contributed by atoms with E-state index in [0.29, 0.717) is 10.7 Å². The summed E-state index contributed by atoms with van der Waals surface area (Å²) < 4.78 is 1.45. The molecule has 0 unspecified atom stereocenters. The summed E-state index contributed by atoms with van der Waals surface area (Å²) >= 11 is 1.47. The van der Waals surface area contributed by atoms with Gasteiger partial charge in [-0.15, -0.1) is 11.3 Å². The van der Waals surface area contributed by atoms with Gasteiger partial charge in [-0.2, -0.15) is 0 Å². The molecule has 3 aliphatic rings. The molecule has 7 heteroatoms. The van der Waals surface area contributed by atoms with Gasteiger partial charge in [0.2, 0.25) is 0 Å². The Morgan fingerprint density at radius 3 is 2.76 bits per heavy atom. The van der Waals surface area contributed by atoms with Crippen molar-refractivity contribution in [2.75, 3.05) is 19.6 Å². The molecular weight excluding hydrogens is 336 g/mol. The number of hydrogen-bond donors (Lipinski definition) is 1. The highest BCUT2D eigenvalue weighted by atomic mass is 32.1. The zero-order valence-corrected chi connectivity index (χ0v) is 14.9. The summed E-state index contributed by atoms with van der Waals surface area (Å²) in [6.07, 6.45) is 6.31. The lowest BCUT2D eigenvalue weighted by Crippen LogP contribution is -2.43. The predicted molar refractivity (Wildman–Crippen MR) is 97.3 cm³/mol. The topological polar surface area (TPSA) is 67.2 Å². The van der Waals surface area contributed by atoms with Gasteiger partial charge in [-0.05, 0) is 30.9 Å². The number of nitrogens with zero attached hydrogens (tertiary/aromatic N) is 3. The number of carbonyl (C=O) groups is 1. The normalized spacial score (nSPS) is 17.2. The number of fused-ring (bicyclic) bond motifs is 3. The first kappa shape index (κ1) is 16.2. The van der Waals surface area contributed by atoms with Gasteiger partial charge in [0.05, 0.1) is 5.56 Å². The zero-order chi connectivity index (χ0) is 17.4. The van der Waals surface area contributed by atoms with Crippen molar-refractivity contribution in [3.8, 4) is 5.13 Å². The number of hydrogen-bond acceptors (Lipinski definition) is 5. The van der Waals surface area contributed by atoms with E-state index in [2.05, 4.69) is 15.2 Å². The van der Waals surface area contributed by atoms with Crippen LogP contribution in [-0.2, 0) is 6.42 Å². The summed E-state index contributed by atoms with van der Waals surface area (Å²) in [6, 6.07) is 3.01. The largest absolute Gasteiger partial charge is 0.324 e. The second-order valence-corrected chi connectivity index (χ2v) is 7.49. The van der Waals surface area contributed by atoms with E-state index in [1.54, 1.807) is 18.5 Å². The molecule has 5 heterocycles. The van der Waals surface area contributed by atoms with Crippen LogP contribution in [0.5, 0.6) is 0 Å². The lowest BCUT2D eigenvalue weighted by molar-refractivity contribution is 0.0956. The number of amides is 1. The molecule has 1 saturated heterocycles. The summed E-state index contributed by atoms with van der Waals surface area (Å²) in [5.41, 5.74) is 2.68. The molecule has 0 aliphatic carbocycles. The number of aryl methyl sites for hydroxylation is 1. The van der Waals surface area contributed by atoms with Crippen LogP contribution < -0.4 is 10.9 Å². The van der Waals surface area contributed by atoms with Gasteiger partial charge < -0.3 is 5.32 Å². The standard InChI is InChI=1S/C18H20N4O2S/c1-2-14-9-19-18(25-14)22-10-13(3-4-16(22)23)17(24)20-15-11-21-7-5-12(15)6-8-21/h3-4,9-10H,2,5-8,11H2,1H3,(H,20,24). The van der Waals surface area contributed by atoms with Crippen LogP contribution in [0.1, 0.15) is 35.0 Å². The van der Waals surface area contributed by atoms with Gasteiger partial charge in [-0.25, -0.2) is 4.98 Å². The molecule has 2 bridgehead atoms. The molecule has 0 atom stereocenters. The second-order valence-electron chi connectivity index (χ2n) is 6.40. The highest BCUT2D eigenvalue weighted by molar-refractivity contribution is 7.14. The third-order valence-corrected chi connectivity index (χ3v) is 5.94. The quantitative estimate of drug-likeness (QED) is 0.909. The summed E-state index contributed by atoms with van der Waals surface area (Å²) in [7, 11) is 0. The molecule has 2 aromatic rings. The van der Waals surface area contributed by atoms with Gasteiger partial charge in [0.1, 0.15) is 0 Å². The Hall–Kier alpha value is -2.25. The van der Waals surface area contributed by atoms with Crippen LogP contribution in [0, 0.1) is 0 Å². The fourth-order valence-electron chi connectivity index (χ4n) is 3.30. The molecule has 0 saturated carbocycles. The number of pyridine rings is 1. The fraction of sp³-hybridized carbons (Fsp3) is 0.389. The average Bonchev–Trinajstić information content (AvgIpc) is 3.12. The lowest BCUT2D eigenvalue weighted by Gasteiger charge is -2.36. The Balaban J connectivity index is 1.60. The molecule has 3 aliphatic heterocycles. The maximum atomic E-state index is 12.6. The molecule has 0 aromatic carbocycles. The average molecular weight is 356 g/mol. The van der Waals surface area contributed by atoms with Crippen LogP contribution in [0.4, 0.5) is 0 Å². The first-order valence-electron chi connectivity index (χ1n) is 8.56. The van der Waals surface area contributed by atoms with Crippen molar-refractivity contribution < 1.29 is 4.79 Å². The SMILES string of the molecule is CCc1cnc(-n2cc(C(=O)NC3=C4CCN(CC4)C3)ccc2=O)s1. The van der Waals surface area contributed by atoms with Gasteiger partial charge in [0.15, 0.2) is 5.13 Å². The molecule has 25 heavy (non-hydrogen) atoms. The van der Waals surface area contributed by atoms with Crippen molar-refractivity contribution >= 4 is 17.2 Å². The van der Waals surface area contributed by atoms with E-state index < -0.39 is 0 Å². The Kier molecular flexibility index (Phi) is 4.27. The Morgan fingerprint density at radius 1 is 1.32 bits per heavy atom. The smallest absolute Gasteiger partial charge is 0.256 e. The molecule has 130 valence electrons. The van der Waals surface area contributed by atoms with E-state index in [4.69, 9.17) is 0 Å². The molecule has 1 fully saturated rings. The molecular formula is C18H20N4O2S. The van der Waals surface area contributed by atoms with E-state index in [-0.39, 0.29) is 11.5 Å². The summed E-state index contributed by atoms with van der Waals surface area (Å²) in [5, 5.41) is 3.65. The Morgan fingerprint density at radius 2 is 2.12 bits per heavy atom. The zero-order valence-electron chi connectivity index (χ0n) is 14.1. The van der Waals surface area contributed by atoms with Crippen LogP contribution in [0.15, 0.2) is 40.6 Å². The molecule has 0 spiro atoms. The number of carbonyl (C=O) groups excluding carboxylic acids is 1. The molecule has 1 amide bonds. The van der Waals surface area contributed by atoms with Crippen molar-refractivity contribution in [1.29, 1.82) is 0 Å². The van der Waals surface area contributed by atoms with Gasteiger partial charge in [0.25, 0.3) is 11.5 Å². The molecule has 6 nitrogen and oxygen atoms in total. The Labute approximate surface area is 149 Å². The first-order chi connectivity index (χ1) is 12.1. The molecule has 0 radical (unpaired) electrons.